The molecule has 3 aromatic rings. The Morgan fingerprint density at radius 1 is 1.05 bits per heavy atom. The Bertz CT molecular complexity index is 769. The van der Waals surface area contributed by atoms with Gasteiger partial charge < -0.3 is 5.32 Å². The van der Waals surface area contributed by atoms with E-state index in [2.05, 4.69) is 10.4 Å². The van der Waals surface area contributed by atoms with E-state index in [0.29, 0.717) is 0 Å². The van der Waals surface area contributed by atoms with Gasteiger partial charge in [0.15, 0.2) is 0 Å². The van der Waals surface area contributed by atoms with E-state index in [9.17, 15) is 4.79 Å². The summed E-state index contributed by atoms with van der Waals surface area (Å²) in [5, 5.41) is 7.83. The van der Waals surface area contributed by atoms with Crippen LogP contribution in [0.2, 0.25) is 0 Å². The zero-order valence-electron chi connectivity index (χ0n) is 12.1. The van der Waals surface area contributed by atoms with Gasteiger partial charge in [-0.1, -0.05) is 60.3 Å². The molecule has 0 aliphatic rings. The molecule has 3 rings (SSSR count). The zero-order valence-corrected chi connectivity index (χ0v) is 12.9. The molecule has 1 N–H and O–H groups in total. The number of rotatable bonds is 3. The highest BCUT2D eigenvalue weighted by Gasteiger charge is 2.15. The molecule has 2 aromatic carbocycles. The number of aromatic nitrogens is 2. The molecule has 1 heterocycles. The second-order valence-electron chi connectivity index (χ2n) is 4.62. The predicted octanol–water partition coefficient (Wildman–Crippen LogP) is 3.89. The molecule has 5 heteroatoms. The SMILES string of the molecule is CNC(=O)n1nc(-c2ccccc2)cc1Sc1ccccc1. The molecule has 0 radical (unpaired) electrons. The standard InChI is InChI=1S/C17H15N3OS/c1-18-17(21)20-16(22-14-10-6-3-7-11-14)12-15(19-20)13-8-4-2-5-9-13/h2-12H,1H3,(H,18,21). The minimum Gasteiger partial charge on any atom is -0.339 e. The fourth-order valence-electron chi connectivity index (χ4n) is 2.05. The first kappa shape index (κ1) is 14.4. The third-order valence-corrected chi connectivity index (χ3v) is 4.13. The molecule has 0 atom stereocenters. The Balaban J connectivity index is 2.00. The van der Waals surface area contributed by atoms with Crippen molar-refractivity contribution < 1.29 is 4.79 Å². The van der Waals surface area contributed by atoms with Crippen molar-refractivity contribution in [2.45, 2.75) is 9.92 Å². The van der Waals surface area contributed by atoms with Crippen molar-refractivity contribution in [1.29, 1.82) is 0 Å². The van der Waals surface area contributed by atoms with Crippen LogP contribution in [0.5, 0.6) is 0 Å². The average molecular weight is 309 g/mol. The summed E-state index contributed by atoms with van der Waals surface area (Å²) in [6.07, 6.45) is 0. The molecule has 0 saturated heterocycles. The molecule has 22 heavy (non-hydrogen) atoms. The summed E-state index contributed by atoms with van der Waals surface area (Å²) in [4.78, 5) is 13.1. The Kier molecular flexibility index (Phi) is 4.25. The highest BCUT2D eigenvalue weighted by Crippen LogP contribution is 2.30. The van der Waals surface area contributed by atoms with Crippen LogP contribution in [0.4, 0.5) is 4.79 Å². The van der Waals surface area contributed by atoms with E-state index in [1.165, 1.54) is 16.4 Å². The Morgan fingerprint density at radius 3 is 2.32 bits per heavy atom. The zero-order chi connectivity index (χ0) is 15.4. The summed E-state index contributed by atoms with van der Waals surface area (Å²) in [5.74, 6) is 0. The summed E-state index contributed by atoms with van der Waals surface area (Å²) >= 11 is 1.51. The first-order valence-corrected chi connectivity index (χ1v) is 7.70. The number of hydrogen-bond donors (Lipinski definition) is 1. The van der Waals surface area contributed by atoms with Crippen LogP contribution in [-0.2, 0) is 0 Å². The van der Waals surface area contributed by atoms with Gasteiger partial charge in [0.25, 0.3) is 0 Å². The second kappa shape index (κ2) is 6.49. The van der Waals surface area contributed by atoms with Crippen LogP contribution in [0.1, 0.15) is 0 Å². The molecule has 1 amide bonds. The average Bonchev–Trinajstić information content (AvgIpc) is 3.00. The lowest BCUT2D eigenvalue weighted by atomic mass is 10.2. The molecule has 0 aliphatic heterocycles. The minimum absolute atomic E-state index is 0.249. The molecule has 110 valence electrons. The number of benzene rings is 2. The van der Waals surface area contributed by atoms with Crippen LogP contribution in [-0.4, -0.2) is 22.9 Å². The predicted molar refractivity (Wildman–Crippen MR) is 88.1 cm³/mol. The van der Waals surface area contributed by atoms with E-state index >= 15 is 0 Å². The van der Waals surface area contributed by atoms with Crippen LogP contribution in [0.15, 0.2) is 76.7 Å². The fraction of sp³-hybridized carbons (Fsp3) is 0.0588. The number of amides is 1. The highest BCUT2D eigenvalue weighted by atomic mass is 32.2. The Hall–Kier alpha value is -2.53. The lowest BCUT2D eigenvalue weighted by Crippen LogP contribution is -2.26. The summed E-state index contributed by atoms with van der Waals surface area (Å²) in [6.45, 7) is 0. The van der Waals surface area contributed by atoms with Gasteiger partial charge in [-0.25, -0.2) is 4.79 Å². The van der Waals surface area contributed by atoms with Gasteiger partial charge in [0.05, 0.1) is 5.69 Å². The van der Waals surface area contributed by atoms with Crippen molar-refractivity contribution in [3.8, 4) is 11.3 Å². The van der Waals surface area contributed by atoms with Crippen LogP contribution in [0.25, 0.3) is 11.3 Å². The van der Waals surface area contributed by atoms with E-state index in [-0.39, 0.29) is 6.03 Å². The summed E-state index contributed by atoms with van der Waals surface area (Å²) < 4.78 is 1.40. The second-order valence-corrected chi connectivity index (χ2v) is 5.71. The van der Waals surface area contributed by atoms with Gasteiger partial charge >= 0.3 is 6.03 Å². The summed E-state index contributed by atoms with van der Waals surface area (Å²) in [6, 6.07) is 21.4. The first-order chi connectivity index (χ1) is 10.8. The quantitative estimate of drug-likeness (QED) is 0.798. The lowest BCUT2D eigenvalue weighted by Gasteiger charge is -2.04. The van der Waals surface area contributed by atoms with Gasteiger partial charge in [-0.2, -0.15) is 9.78 Å². The van der Waals surface area contributed by atoms with Gasteiger partial charge in [0, 0.05) is 17.5 Å². The third-order valence-electron chi connectivity index (χ3n) is 3.12. The number of nitrogens with one attached hydrogen (secondary N) is 1. The van der Waals surface area contributed by atoms with E-state index < -0.39 is 0 Å². The van der Waals surface area contributed by atoms with Crippen molar-refractivity contribution in [1.82, 2.24) is 15.1 Å². The van der Waals surface area contributed by atoms with E-state index in [1.807, 2.05) is 66.7 Å². The molecule has 0 bridgehead atoms. The Labute approximate surface area is 133 Å². The highest BCUT2D eigenvalue weighted by molar-refractivity contribution is 7.99. The largest absolute Gasteiger partial charge is 0.342 e. The maximum Gasteiger partial charge on any atom is 0.342 e. The molecular formula is C17H15N3OS. The summed E-state index contributed by atoms with van der Waals surface area (Å²) in [5.41, 5.74) is 1.77. The molecule has 0 aliphatic carbocycles. The first-order valence-electron chi connectivity index (χ1n) is 6.88. The van der Waals surface area contributed by atoms with Crippen molar-refractivity contribution >= 4 is 17.8 Å². The number of hydrogen-bond acceptors (Lipinski definition) is 3. The minimum atomic E-state index is -0.249. The molecule has 0 saturated carbocycles. The van der Waals surface area contributed by atoms with Gasteiger partial charge in [-0.15, -0.1) is 0 Å². The third kappa shape index (κ3) is 3.04. The van der Waals surface area contributed by atoms with Gasteiger partial charge in [-0.05, 0) is 18.2 Å². The van der Waals surface area contributed by atoms with Crippen LogP contribution >= 0.6 is 11.8 Å². The number of carbonyl (C=O) groups is 1. The molecule has 1 aromatic heterocycles. The van der Waals surface area contributed by atoms with E-state index in [4.69, 9.17) is 0 Å². The van der Waals surface area contributed by atoms with Crippen LogP contribution in [0, 0.1) is 0 Å². The van der Waals surface area contributed by atoms with Gasteiger partial charge in [-0.3, -0.25) is 0 Å². The summed E-state index contributed by atoms with van der Waals surface area (Å²) in [7, 11) is 1.60. The fourth-order valence-corrected chi connectivity index (χ4v) is 2.96. The maximum absolute atomic E-state index is 12.0. The smallest absolute Gasteiger partial charge is 0.339 e. The van der Waals surface area contributed by atoms with Crippen molar-refractivity contribution in [3.05, 3.63) is 66.7 Å². The lowest BCUT2D eigenvalue weighted by molar-refractivity contribution is 0.239. The normalized spacial score (nSPS) is 10.4. The van der Waals surface area contributed by atoms with Crippen molar-refractivity contribution in [2.24, 2.45) is 0 Å². The van der Waals surface area contributed by atoms with Crippen molar-refractivity contribution in [3.63, 3.8) is 0 Å². The number of carbonyl (C=O) groups excluding carboxylic acids is 1. The van der Waals surface area contributed by atoms with E-state index in [0.717, 1.165) is 21.2 Å². The molecule has 0 spiro atoms. The number of nitrogens with zero attached hydrogens (tertiary/aromatic N) is 2. The molecule has 0 unspecified atom stereocenters. The molecule has 0 fully saturated rings. The van der Waals surface area contributed by atoms with Crippen LogP contribution < -0.4 is 5.32 Å². The van der Waals surface area contributed by atoms with Crippen LogP contribution in [0.3, 0.4) is 0 Å². The Morgan fingerprint density at radius 2 is 1.68 bits per heavy atom. The maximum atomic E-state index is 12.0. The van der Waals surface area contributed by atoms with Gasteiger partial charge in [0.2, 0.25) is 0 Å². The van der Waals surface area contributed by atoms with E-state index in [1.54, 1.807) is 7.05 Å². The van der Waals surface area contributed by atoms with Crippen molar-refractivity contribution in [2.75, 3.05) is 7.05 Å². The molecular weight excluding hydrogens is 294 g/mol. The topological polar surface area (TPSA) is 46.9 Å². The van der Waals surface area contributed by atoms with Gasteiger partial charge in [0.1, 0.15) is 5.03 Å². The monoisotopic (exact) mass is 309 g/mol. The molecule has 4 nitrogen and oxygen atoms in total.